The van der Waals surface area contributed by atoms with Gasteiger partial charge in [0.2, 0.25) is 0 Å². The summed E-state index contributed by atoms with van der Waals surface area (Å²) in [6.07, 6.45) is 1.61. The van der Waals surface area contributed by atoms with Gasteiger partial charge in [-0.3, -0.25) is 0 Å². The van der Waals surface area contributed by atoms with Crippen LogP contribution in [-0.4, -0.2) is 20.9 Å². The summed E-state index contributed by atoms with van der Waals surface area (Å²) in [5, 5.41) is 7.06. The van der Waals surface area contributed by atoms with E-state index in [9.17, 15) is 4.79 Å². The molecule has 2 aromatic rings. The lowest BCUT2D eigenvalue weighted by molar-refractivity contribution is 0.723. The molecule has 6 heteroatoms. The SMILES string of the molecule is C=CNc1ccc(-n2c(C)nn(C)c2=O)cc1.CCN. The van der Waals surface area contributed by atoms with Crippen molar-refractivity contribution in [3.63, 3.8) is 0 Å². The van der Waals surface area contributed by atoms with Crippen LogP contribution in [0.4, 0.5) is 5.69 Å². The minimum Gasteiger partial charge on any atom is -0.362 e. The number of anilines is 1. The van der Waals surface area contributed by atoms with Crippen molar-refractivity contribution in [1.29, 1.82) is 0 Å². The molecule has 0 aliphatic rings. The molecule has 3 N–H and O–H groups in total. The Labute approximate surface area is 118 Å². The van der Waals surface area contributed by atoms with Crippen LogP contribution in [0.2, 0.25) is 0 Å². The number of aromatic nitrogens is 3. The fourth-order valence-corrected chi connectivity index (χ4v) is 1.71. The molecule has 0 aliphatic heterocycles. The summed E-state index contributed by atoms with van der Waals surface area (Å²) >= 11 is 0. The molecule has 0 aliphatic carbocycles. The predicted octanol–water partition coefficient (Wildman–Crippen LogP) is 1.40. The van der Waals surface area contributed by atoms with Crippen LogP contribution in [0.3, 0.4) is 0 Å². The van der Waals surface area contributed by atoms with E-state index in [1.807, 2.05) is 31.2 Å². The molecule has 108 valence electrons. The molecule has 0 unspecified atom stereocenters. The first-order valence-electron chi connectivity index (χ1n) is 6.35. The van der Waals surface area contributed by atoms with E-state index in [1.165, 1.54) is 4.68 Å². The molecule has 0 amide bonds. The first-order chi connectivity index (χ1) is 9.54. The number of hydrogen-bond donors (Lipinski definition) is 2. The maximum atomic E-state index is 11.8. The number of nitrogens with one attached hydrogen (secondary N) is 1. The number of benzene rings is 1. The van der Waals surface area contributed by atoms with E-state index in [4.69, 9.17) is 5.73 Å². The smallest absolute Gasteiger partial charge is 0.350 e. The predicted molar refractivity (Wildman–Crippen MR) is 82.1 cm³/mol. The number of hydrogen-bond acceptors (Lipinski definition) is 4. The van der Waals surface area contributed by atoms with E-state index < -0.39 is 0 Å². The topological polar surface area (TPSA) is 77.9 Å². The van der Waals surface area contributed by atoms with Crippen LogP contribution < -0.4 is 16.7 Å². The quantitative estimate of drug-likeness (QED) is 0.887. The van der Waals surface area contributed by atoms with Gasteiger partial charge in [-0.1, -0.05) is 13.5 Å². The van der Waals surface area contributed by atoms with Crippen LogP contribution in [0.25, 0.3) is 5.69 Å². The second-order valence-corrected chi connectivity index (χ2v) is 4.09. The monoisotopic (exact) mass is 275 g/mol. The van der Waals surface area contributed by atoms with Gasteiger partial charge in [-0.05, 0) is 43.9 Å². The summed E-state index contributed by atoms with van der Waals surface area (Å²) in [7, 11) is 1.64. The average Bonchev–Trinajstić information content (AvgIpc) is 2.66. The molecule has 1 heterocycles. The van der Waals surface area contributed by atoms with E-state index in [0.717, 1.165) is 17.9 Å². The molecule has 6 nitrogen and oxygen atoms in total. The van der Waals surface area contributed by atoms with Gasteiger partial charge in [-0.15, -0.1) is 0 Å². The van der Waals surface area contributed by atoms with Gasteiger partial charge in [0.25, 0.3) is 0 Å². The van der Waals surface area contributed by atoms with Gasteiger partial charge in [0.15, 0.2) is 0 Å². The van der Waals surface area contributed by atoms with Crippen molar-refractivity contribution in [2.24, 2.45) is 12.8 Å². The third kappa shape index (κ3) is 3.58. The third-order valence-electron chi connectivity index (χ3n) is 2.48. The molecule has 1 aromatic carbocycles. The number of aryl methyl sites for hydroxylation is 2. The molecular weight excluding hydrogens is 254 g/mol. The van der Waals surface area contributed by atoms with E-state index in [0.29, 0.717) is 5.82 Å². The van der Waals surface area contributed by atoms with E-state index in [1.54, 1.807) is 24.7 Å². The highest BCUT2D eigenvalue weighted by atomic mass is 16.2. The molecule has 1 aromatic heterocycles. The van der Waals surface area contributed by atoms with Crippen molar-refractivity contribution in [1.82, 2.24) is 14.3 Å². The van der Waals surface area contributed by atoms with E-state index >= 15 is 0 Å². The zero-order valence-corrected chi connectivity index (χ0v) is 12.1. The molecule has 0 atom stereocenters. The molecule has 0 bridgehead atoms. The van der Waals surface area contributed by atoms with Crippen molar-refractivity contribution >= 4 is 5.69 Å². The maximum Gasteiger partial charge on any atom is 0.350 e. The van der Waals surface area contributed by atoms with E-state index in [2.05, 4.69) is 17.0 Å². The Morgan fingerprint density at radius 3 is 2.35 bits per heavy atom. The Morgan fingerprint density at radius 1 is 1.40 bits per heavy atom. The lowest BCUT2D eigenvalue weighted by Gasteiger charge is -2.04. The largest absolute Gasteiger partial charge is 0.362 e. The van der Waals surface area contributed by atoms with Crippen molar-refractivity contribution in [2.75, 3.05) is 11.9 Å². The van der Waals surface area contributed by atoms with Crippen LogP contribution in [0.5, 0.6) is 0 Å². The normalized spacial score (nSPS) is 9.60. The summed E-state index contributed by atoms with van der Waals surface area (Å²) in [4.78, 5) is 11.8. The van der Waals surface area contributed by atoms with Gasteiger partial charge in [0.1, 0.15) is 5.82 Å². The summed E-state index contributed by atoms with van der Waals surface area (Å²) in [6.45, 7) is 8.04. The Balaban J connectivity index is 0.000000612. The Kier molecular flexibility index (Phi) is 5.74. The zero-order valence-electron chi connectivity index (χ0n) is 12.1. The summed E-state index contributed by atoms with van der Waals surface area (Å²) < 4.78 is 2.89. The van der Waals surface area contributed by atoms with Crippen molar-refractivity contribution in [2.45, 2.75) is 13.8 Å². The second kappa shape index (κ2) is 7.30. The van der Waals surface area contributed by atoms with Crippen LogP contribution in [0, 0.1) is 6.92 Å². The Morgan fingerprint density at radius 2 is 1.95 bits per heavy atom. The van der Waals surface area contributed by atoms with Crippen LogP contribution in [-0.2, 0) is 7.05 Å². The molecule has 0 saturated heterocycles. The molecular formula is C14H21N5O. The molecule has 0 radical (unpaired) electrons. The average molecular weight is 275 g/mol. The summed E-state index contributed by atoms with van der Waals surface area (Å²) in [6, 6.07) is 7.50. The maximum absolute atomic E-state index is 11.8. The van der Waals surface area contributed by atoms with Crippen LogP contribution in [0.1, 0.15) is 12.7 Å². The summed E-state index contributed by atoms with van der Waals surface area (Å²) in [5.74, 6) is 0.668. The van der Waals surface area contributed by atoms with Crippen molar-refractivity contribution in [3.05, 3.63) is 53.4 Å². The number of nitrogens with two attached hydrogens (primary N) is 1. The minimum atomic E-state index is -0.146. The highest BCUT2D eigenvalue weighted by Crippen LogP contribution is 2.12. The van der Waals surface area contributed by atoms with Crippen molar-refractivity contribution < 1.29 is 0 Å². The van der Waals surface area contributed by atoms with Crippen LogP contribution >= 0.6 is 0 Å². The van der Waals surface area contributed by atoms with Gasteiger partial charge in [-0.25, -0.2) is 14.0 Å². The fourth-order valence-electron chi connectivity index (χ4n) is 1.71. The molecule has 0 fully saturated rings. The molecule has 0 saturated carbocycles. The lowest BCUT2D eigenvalue weighted by atomic mass is 10.3. The zero-order chi connectivity index (χ0) is 15.1. The van der Waals surface area contributed by atoms with Crippen LogP contribution in [0.15, 0.2) is 41.8 Å². The molecule has 2 rings (SSSR count). The Hall–Kier alpha value is -2.34. The molecule has 20 heavy (non-hydrogen) atoms. The van der Waals surface area contributed by atoms with Gasteiger partial charge >= 0.3 is 5.69 Å². The van der Waals surface area contributed by atoms with Gasteiger partial charge < -0.3 is 11.1 Å². The number of nitrogens with zero attached hydrogens (tertiary/aromatic N) is 3. The van der Waals surface area contributed by atoms with Gasteiger partial charge in [0.05, 0.1) is 5.69 Å². The first kappa shape index (κ1) is 15.7. The standard InChI is InChI=1S/C12H14N4O.C2H7N/c1-4-13-10-5-7-11(8-6-10)16-9(2)14-15(3)12(16)17;1-2-3/h4-8,13H,1H2,2-3H3;2-3H2,1H3. The Bertz CT molecular complexity index is 609. The molecule has 0 spiro atoms. The van der Waals surface area contributed by atoms with Gasteiger partial charge in [0, 0.05) is 12.7 Å². The minimum absolute atomic E-state index is 0.146. The highest BCUT2D eigenvalue weighted by Gasteiger charge is 2.08. The first-order valence-corrected chi connectivity index (χ1v) is 6.35. The van der Waals surface area contributed by atoms with Gasteiger partial charge in [-0.2, -0.15) is 5.10 Å². The third-order valence-corrected chi connectivity index (χ3v) is 2.48. The van der Waals surface area contributed by atoms with E-state index in [-0.39, 0.29) is 5.69 Å². The van der Waals surface area contributed by atoms with Crippen molar-refractivity contribution in [3.8, 4) is 5.69 Å². The fraction of sp³-hybridized carbons (Fsp3) is 0.286. The lowest BCUT2D eigenvalue weighted by Crippen LogP contribution is -2.21. The highest BCUT2D eigenvalue weighted by molar-refractivity contribution is 5.50. The second-order valence-electron chi connectivity index (χ2n) is 4.09. The summed E-state index contributed by atoms with van der Waals surface area (Å²) in [5.41, 5.74) is 6.43. The number of rotatable bonds is 3.